The summed E-state index contributed by atoms with van der Waals surface area (Å²) in [6, 6.07) is 99.3. The SMILES string of the molecule is O[C@H]1[C@H](OCc2ccccc2)[C@@H](OCc2ccccc2)[C@@H](O[C@H]2O[C@H](COCc3ccccc3)[C@@H](O[C@@H]3O[C@H](COCc4ccccc4)[C@@H](OCc4ccccc4)[C@H](OCc4ccccc4)[C@H]3OCc3ccccc3)[C@H](OCc3ccccc3)[C@H]2OCc2ccccc2)O[C@@H]1COCc1ccccc1. The molecule has 3 aliphatic heterocycles. The van der Waals surface area contributed by atoms with E-state index in [1.807, 2.05) is 303 Å². The molecule has 15 atom stereocenters. The molecule has 540 valence electrons. The van der Waals surface area contributed by atoms with E-state index in [4.69, 9.17) is 71.1 Å². The smallest absolute Gasteiger partial charge is 0.190 e. The molecule has 0 radical (unpaired) electrons. The van der Waals surface area contributed by atoms with Gasteiger partial charge in [-0.05, 0) is 55.6 Å². The first-order valence-electron chi connectivity index (χ1n) is 35.9. The second-order valence-corrected chi connectivity index (χ2v) is 26.2. The predicted molar refractivity (Wildman–Crippen MR) is 391 cm³/mol. The standard InChI is InChI=1S/C88H92O16/c89-77-74(61-90-51-64-31-11-1-12-32-64)100-87(83(97-58-71-45-25-8-26-46-71)80(77)94-55-68-39-19-5-20-40-68)104-88-85(99-60-73-49-29-10-30-50-73)82(96-57-70-43-23-7-24-44-70)79(76(102-88)63-92-53-66-35-15-3-16-36-66)103-86-84(98-59-72-47-27-9-28-48-72)81(95-56-69-41-21-6-22-42-69)78(93-54-67-37-17-4-18-38-67)75(101-86)62-91-52-65-33-13-2-14-34-65/h1-50,74-89H,51-63H2/t74-,75-,76-,77-,78-,79-,80+,81+,82+,83-,84-,85-,86+,87-,88-/m1/s1. The minimum absolute atomic E-state index is 0.0396. The quantitative estimate of drug-likeness (QED) is 0.0392. The first-order valence-corrected chi connectivity index (χ1v) is 35.9. The van der Waals surface area contributed by atoms with E-state index in [-0.39, 0.29) is 79.3 Å². The molecule has 0 spiro atoms. The lowest BCUT2D eigenvalue weighted by Gasteiger charge is -2.51. The van der Waals surface area contributed by atoms with Gasteiger partial charge >= 0.3 is 0 Å². The minimum Gasteiger partial charge on any atom is -0.387 e. The van der Waals surface area contributed by atoms with Gasteiger partial charge in [0.05, 0.1) is 85.9 Å². The molecule has 16 nitrogen and oxygen atoms in total. The first kappa shape index (κ1) is 73.9. The van der Waals surface area contributed by atoms with Crippen LogP contribution in [-0.4, -0.2) is 117 Å². The van der Waals surface area contributed by atoms with Gasteiger partial charge in [-0.1, -0.05) is 303 Å². The zero-order chi connectivity index (χ0) is 70.6. The van der Waals surface area contributed by atoms with Crippen molar-refractivity contribution in [3.05, 3.63) is 359 Å². The molecule has 10 aromatic carbocycles. The van der Waals surface area contributed by atoms with Gasteiger partial charge in [0.1, 0.15) is 73.2 Å². The summed E-state index contributed by atoms with van der Waals surface area (Å²) in [7, 11) is 0. The Morgan fingerprint density at radius 3 is 0.702 bits per heavy atom. The van der Waals surface area contributed by atoms with Gasteiger partial charge in [0.25, 0.3) is 0 Å². The van der Waals surface area contributed by atoms with Crippen LogP contribution in [0.3, 0.4) is 0 Å². The molecule has 16 heteroatoms. The molecule has 3 aliphatic rings. The van der Waals surface area contributed by atoms with Gasteiger partial charge in [-0.2, -0.15) is 0 Å². The monoisotopic (exact) mass is 1400 g/mol. The molecule has 0 amide bonds. The molecule has 0 aromatic heterocycles. The van der Waals surface area contributed by atoms with Crippen LogP contribution in [-0.2, 0) is 137 Å². The van der Waals surface area contributed by atoms with Gasteiger partial charge in [0.15, 0.2) is 18.9 Å². The number of aliphatic hydroxyl groups excluding tert-OH is 1. The molecule has 10 aromatic rings. The zero-order valence-corrected chi connectivity index (χ0v) is 58.3. The van der Waals surface area contributed by atoms with Crippen molar-refractivity contribution in [3.63, 3.8) is 0 Å². The van der Waals surface area contributed by atoms with E-state index in [0.717, 1.165) is 55.6 Å². The van der Waals surface area contributed by atoms with Crippen molar-refractivity contribution in [1.82, 2.24) is 0 Å². The van der Waals surface area contributed by atoms with E-state index in [9.17, 15) is 5.11 Å². The van der Waals surface area contributed by atoms with Gasteiger partial charge < -0.3 is 76.2 Å². The van der Waals surface area contributed by atoms with E-state index >= 15 is 0 Å². The van der Waals surface area contributed by atoms with E-state index < -0.39 is 92.1 Å². The Kier molecular flexibility index (Phi) is 28.1. The van der Waals surface area contributed by atoms with Crippen molar-refractivity contribution in [1.29, 1.82) is 0 Å². The summed E-state index contributed by atoms with van der Waals surface area (Å²) in [4.78, 5) is 0. The Balaban J connectivity index is 0.919. The Hall–Kier alpha value is -8.44. The van der Waals surface area contributed by atoms with Crippen LogP contribution < -0.4 is 0 Å². The van der Waals surface area contributed by atoms with E-state index in [2.05, 4.69) is 0 Å². The fourth-order valence-corrected chi connectivity index (χ4v) is 13.1. The highest BCUT2D eigenvalue weighted by atomic mass is 16.8. The summed E-state index contributed by atoms with van der Waals surface area (Å²) in [5, 5.41) is 12.7. The van der Waals surface area contributed by atoms with Crippen molar-refractivity contribution in [2.45, 2.75) is 158 Å². The fourth-order valence-electron chi connectivity index (χ4n) is 13.1. The topological polar surface area (TPSA) is 159 Å². The average Bonchev–Trinajstić information content (AvgIpc) is 0.764. The van der Waals surface area contributed by atoms with Gasteiger partial charge in [-0.25, -0.2) is 0 Å². The third-order valence-corrected chi connectivity index (χ3v) is 18.5. The number of aliphatic hydroxyl groups is 1. The molecular weight excluding hydrogens is 1310 g/mol. The van der Waals surface area contributed by atoms with Crippen LogP contribution in [0.2, 0.25) is 0 Å². The third kappa shape index (κ3) is 21.6. The summed E-state index contributed by atoms with van der Waals surface area (Å²) in [5.74, 6) is 0. The van der Waals surface area contributed by atoms with Crippen LogP contribution in [0.4, 0.5) is 0 Å². The normalized spacial score (nSPS) is 24.8. The second kappa shape index (κ2) is 39.6. The molecule has 3 saturated heterocycles. The van der Waals surface area contributed by atoms with Crippen LogP contribution >= 0.6 is 0 Å². The predicted octanol–water partition coefficient (Wildman–Crippen LogP) is 14.7. The molecule has 0 saturated carbocycles. The summed E-state index contributed by atoms with van der Waals surface area (Å²) < 4.78 is 108. The summed E-state index contributed by atoms with van der Waals surface area (Å²) in [6.45, 7) is 1.72. The Bertz CT molecular complexity index is 3960. The highest BCUT2D eigenvalue weighted by Crippen LogP contribution is 2.39. The van der Waals surface area contributed by atoms with E-state index in [0.29, 0.717) is 6.61 Å². The van der Waals surface area contributed by atoms with Crippen molar-refractivity contribution in [3.8, 4) is 0 Å². The van der Waals surface area contributed by atoms with Gasteiger partial charge in [0.2, 0.25) is 0 Å². The lowest BCUT2D eigenvalue weighted by molar-refractivity contribution is -0.406. The summed E-state index contributed by atoms with van der Waals surface area (Å²) in [5.41, 5.74) is 9.20. The lowest BCUT2D eigenvalue weighted by Crippen LogP contribution is -2.67. The van der Waals surface area contributed by atoms with Crippen LogP contribution in [0.5, 0.6) is 0 Å². The van der Waals surface area contributed by atoms with E-state index in [1.165, 1.54) is 0 Å². The van der Waals surface area contributed by atoms with Crippen LogP contribution in [0.15, 0.2) is 303 Å². The minimum atomic E-state index is -1.34. The zero-order valence-electron chi connectivity index (χ0n) is 58.3. The molecule has 1 N–H and O–H groups in total. The molecule has 0 bridgehead atoms. The van der Waals surface area contributed by atoms with Crippen LogP contribution in [0.1, 0.15) is 55.6 Å². The largest absolute Gasteiger partial charge is 0.387 e. The van der Waals surface area contributed by atoms with Crippen molar-refractivity contribution >= 4 is 0 Å². The van der Waals surface area contributed by atoms with E-state index in [1.54, 1.807) is 0 Å². The molecule has 0 unspecified atom stereocenters. The number of rotatable bonds is 37. The first-order chi connectivity index (χ1) is 51.5. The maximum Gasteiger partial charge on any atom is 0.190 e. The van der Waals surface area contributed by atoms with Gasteiger partial charge in [0, 0.05) is 0 Å². The number of ether oxygens (including phenoxy) is 15. The Morgan fingerprint density at radius 1 is 0.202 bits per heavy atom. The molecular formula is C88H92O16. The summed E-state index contributed by atoms with van der Waals surface area (Å²) >= 11 is 0. The van der Waals surface area contributed by atoms with Crippen LogP contribution in [0.25, 0.3) is 0 Å². The highest BCUT2D eigenvalue weighted by Gasteiger charge is 2.57. The van der Waals surface area contributed by atoms with Crippen LogP contribution in [0, 0.1) is 0 Å². The maximum absolute atomic E-state index is 12.7. The molecule has 0 aliphatic carbocycles. The fraction of sp³-hybridized carbons (Fsp3) is 0.318. The molecule has 3 heterocycles. The molecule has 13 rings (SSSR count). The highest BCUT2D eigenvalue weighted by molar-refractivity contribution is 5.21. The van der Waals surface area contributed by atoms with Crippen molar-refractivity contribution < 1.29 is 76.2 Å². The average molecular weight is 1410 g/mol. The molecule has 104 heavy (non-hydrogen) atoms. The number of hydrogen-bond acceptors (Lipinski definition) is 16. The summed E-state index contributed by atoms with van der Waals surface area (Å²) in [6.07, 6.45) is -16.1. The van der Waals surface area contributed by atoms with Crippen molar-refractivity contribution in [2.75, 3.05) is 19.8 Å². The Morgan fingerprint density at radius 2 is 0.404 bits per heavy atom. The van der Waals surface area contributed by atoms with Gasteiger partial charge in [-0.15, -0.1) is 0 Å². The molecule has 3 fully saturated rings. The van der Waals surface area contributed by atoms with Crippen molar-refractivity contribution in [2.24, 2.45) is 0 Å². The lowest BCUT2D eigenvalue weighted by atomic mass is 9.95. The number of benzene rings is 10. The second-order valence-electron chi connectivity index (χ2n) is 26.2. The number of hydrogen-bond donors (Lipinski definition) is 1. The maximum atomic E-state index is 12.7. The third-order valence-electron chi connectivity index (χ3n) is 18.5. The Labute approximate surface area is 610 Å². The van der Waals surface area contributed by atoms with Gasteiger partial charge in [-0.3, -0.25) is 0 Å².